The summed E-state index contributed by atoms with van der Waals surface area (Å²) in [5.74, 6) is -2.74. The average molecular weight is 345 g/mol. The van der Waals surface area contributed by atoms with Crippen LogP contribution in [0.15, 0.2) is 18.3 Å². The molecule has 1 aliphatic heterocycles. The highest BCUT2D eigenvalue weighted by molar-refractivity contribution is 6.30. The molecule has 6 heteroatoms. The second-order valence-corrected chi connectivity index (χ2v) is 7.36. The van der Waals surface area contributed by atoms with Gasteiger partial charge in [-0.3, -0.25) is 4.98 Å². The molecule has 1 atom stereocenters. The number of nitrogens with zero attached hydrogens (tertiary/aromatic N) is 1. The second-order valence-electron chi connectivity index (χ2n) is 6.93. The zero-order valence-corrected chi connectivity index (χ0v) is 13.8. The quantitative estimate of drug-likeness (QED) is 0.877. The maximum Gasteiger partial charge on any atom is 0.248 e. The van der Waals surface area contributed by atoms with E-state index in [4.69, 9.17) is 11.6 Å². The summed E-state index contributed by atoms with van der Waals surface area (Å²) in [7, 11) is 0. The standard InChI is InChI=1S/C17H23ClF2N2O/c18-13-1-2-14(22-11-13)15(16(23)7-9-21-10-8-16)12-3-5-17(19,20)6-4-12/h1-2,11-12,15,21,23H,3-10H2/t15-/m1/s1. The van der Waals surface area contributed by atoms with Crippen molar-refractivity contribution in [3.8, 4) is 0 Å². The molecule has 128 valence electrons. The van der Waals surface area contributed by atoms with Crippen LogP contribution >= 0.6 is 11.6 Å². The van der Waals surface area contributed by atoms with Crippen molar-refractivity contribution in [3.05, 3.63) is 29.0 Å². The summed E-state index contributed by atoms with van der Waals surface area (Å²) < 4.78 is 27.1. The van der Waals surface area contributed by atoms with Crippen LogP contribution in [-0.2, 0) is 0 Å². The number of hydrogen-bond donors (Lipinski definition) is 2. The van der Waals surface area contributed by atoms with Crippen molar-refractivity contribution >= 4 is 11.6 Å². The van der Waals surface area contributed by atoms with E-state index in [1.165, 1.54) is 0 Å². The molecule has 1 aliphatic carbocycles. The van der Waals surface area contributed by atoms with E-state index in [2.05, 4.69) is 10.3 Å². The molecule has 2 aliphatic rings. The molecule has 1 aromatic rings. The summed E-state index contributed by atoms with van der Waals surface area (Å²) in [5.41, 5.74) is -0.113. The third-order valence-electron chi connectivity index (χ3n) is 5.35. The molecule has 23 heavy (non-hydrogen) atoms. The van der Waals surface area contributed by atoms with Gasteiger partial charge in [0.25, 0.3) is 0 Å². The lowest BCUT2D eigenvalue weighted by molar-refractivity contribution is -0.0784. The lowest BCUT2D eigenvalue weighted by Gasteiger charge is -2.45. The van der Waals surface area contributed by atoms with Crippen LogP contribution in [0.3, 0.4) is 0 Å². The Morgan fingerprint density at radius 1 is 1.17 bits per heavy atom. The van der Waals surface area contributed by atoms with Crippen molar-refractivity contribution in [2.45, 2.75) is 56.0 Å². The molecule has 2 fully saturated rings. The highest BCUT2D eigenvalue weighted by Gasteiger charge is 2.47. The van der Waals surface area contributed by atoms with Gasteiger partial charge >= 0.3 is 0 Å². The smallest absolute Gasteiger partial charge is 0.248 e. The molecular formula is C17H23ClF2N2O. The number of piperidine rings is 1. The van der Waals surface area contributed by atoms with Crippen LogP contribution in [0, 0.1) is 5.92 Å². The van der Waals surface area contributed by atoms with Crippen molar-refractivity contribution in [3.63, 3.8) is 0 Å². The van der Waals surface area contributed by atoms with Crippen molar-refractivity contribution in [2.24, 2.45) is 5.92 Å². The molecule has 2 N–H and O–H groups in total. The van der Waals surface area contributed by atoms with Gasteiger partial charge in [-0.2, -0.15) is 0 Å². The summed E-state index contributed by atoms with van der Waals surface area (Å²) >= 11 is 5.93. The zero-order valence-electron chi connectivity index (χ0n) is 13.1. The average Bonchev–Trinajstić information content (AvgIpc) is 2.52. The number of alkyl halides is 2. The minimum atomic E-state index is -2.56. The van der Waals surface area contributed by atoms with Gasteiger partial charge in [0, 0.05) is 30.7 Å². The Bertz CT molecular complexity index is 522. The number of aliphatic hydroxyl groups is 1. The van der Waals surface area contributed by atoms with E-state index in [1.54, 1.807) is 12.3 Å². The summed E-state index contributed by atoms with van der Waals surface area (Å²) in [6, 6.07) is 3.60. The highest BCUT2D eigenvalue weighted by atomic mass is 35.5. The first kappa shape index (κ1) is 17.1. The van der Waals surface area contributed by atoms with Crippen molar-refractivity contribution in [1.82, 2.24) is 10.3 Å². The lowest BCUT2D eigenvalue weighted by Crippen LogP contribution is -2.49. The Morgan fingerprint density at radius 3 is 2.39 bits per heavy atom. The largest absolute Gasteiger partial charge is 0.389 e. The second kappa shape index (κ2) is 6.61. The van der Waals surface area contributed by atoms with Crippen LogP contribution in [-0.4, -0.2) is 34.7 Å². The van der Waals surface area contributed by atoms with Crippen LogP contribution in [0.1, 0.15) is 50.1 Å². The van der Waals surface area contributed by atoms with Gasteiger partial charge in [0.15, 0.2) is 0 Å². The summed E-state index contributed by atoms with van der Waals surface area (Å²) in [6.07, 6.45) is 3.47. The van der Waals surface area contributed by atoms with Gasteiger partial charge in [0.2, 0.25) is 5.92 Å². The Kier molecular flexibility index (Phi) is 4.90. The number of aromatic nitrogens is 1. The predicted molar refractivity (Wildman–Crippen MR) is 85.9 cm³/mol. The number of halogens is 3. The number of rotatable bonds is 3. The fourth-order valence-corrected chi connectivity index (χ4v) is 4.21. The zero-order chi connectivity index (χ0) is 16.5. The molecule has 3 rings (SSSR count). The van der Waals surface area contributed by atoms with Crippen molar-refractivity contribution in [2.75, 3.05) is 13.1 Å². The van der Waals surface area contributed by atoms with Gasteiger partial charge < -0.3 is 10.4 Å². The first-order chi connectivity index (χ1) is 10.9. The van der Waals surface area contributed by atoms with Gasteiger partial charge in [0.1, 0.15) is 0 Å². The molecular weight excluding hydrogens is 322 g/mol. The minimum absolute atomic E-state index is 0.0337. The molecule has 0 bridgehead atoms. The summed E-state index contributed by atoms with van der Waals surface area (Å²) in [5, 5.41) is 15.0. The molecule has 3 nitrogen and oxygen atoms in total. The number of nitrogens with one attached hydrogen (secondary N) is 1. The summed E-state index contributed by atoms with van der Waals surface area (Å²) in [4.78, 5) is 4.41. The Balaban J connectivity index is 1.88. The van der Waals surface area contributed by atoms with Gasteiger partial charge in [-0.25, -0.2) is 8.78 Å². The maximum absolute atomic E-state index is 13.5. The van der Waals surface area contributed by atoms with Crippen LogP contribution in [0.25, 0.3) is 0 Å². The molecule has 0 spiro atoms. The molecule has 1 saturated heterocycles. The van der Waals surface area contributed by atoms with Gasteiger partial charge in [-0.1, -0.05) is 11.6 Å². The SMILES string of the molecule is OC1([C@@H](c2ccc(Cl)cn2)C2CCC(F)(F)CC2)CCNCC1. The molecule has 0 radical (unpaired) electrons. The Hall–Kier alpha value is -0.780. The van der Waals surface area contributed by atoms with Gasteiger partial charge in [-0.05, 0) is 56.8 Å². The molecule has 0 unspecified atom stereocenters. The van der Waals surface area contributed by atoms with E-state index in [0.29, 0.717) is 30.7 Å². The molecule has 2 heterocycles. The van der Waals surface area contributed by atoms with E-state index in [0.717, 1.165) is 18.8 Å². The van der Waals surface area contributed by atoms with Crippen molar-refractivity contribution < 1.29 is 13.9 Å². The predicted octanol–water partition coefficient (Wildman–Crippen LogP) is 3.76. The van der Waals surface area contributed by atoms with Crippen LogP contribution in [0.2, 0.25) is 5.02 Å². The number of pyridine rings is 1. The highest BCUT2D eigenvalue weighted by Crippen LogP contribution is 2.48. The van der Waals surface area contributed by atoms with Crippen LogP contribution in [0.4, 0.5) is 8.78 Å². The Morgan fingerprint density at radius 2 is 1.83 bits per heavy atom. The number of hydrogen-bond acceptors (Lipinski definition) is 3. The molecule has 1 aromatic heterocycles. The van der Waals surface area contributed by atoms with Crippen molar-refractivity contribution in [1.29, 1.82) is 0 Å². The maximum atomic E-state index is 13.5. The monoisotopic (exact) mass is 344 g/mol. The minimum Gasteiger partial charge on any atom is -0.389 e. The van der Waals surface area contributed by atoms with Crippen LogP contribution < -0.4 is 5.32 Å². The van der Waals surface area contributed by atoms with Crippen LogP contribution in [0.5, 0.6) is 0 Å². The van der Waals surface area contributed by atoms with E-state index in [1.807, 2.05) is 6.07 Å². The van der Waals surface area contributed by atoms with E-state index in [9.17, 15) is 13.9 Å². The topological polar surface area (TPSA) is 45.2 Å². The van der Waals surface area contributed by atoms with Gasteiger partial charge in [0.05, 0.1) is 10.6 Å². The fraction of sp³-hybridized carbons (Fsp3) is 0.706. The van der Waals surface area contributed by atoms with E-state index < -0.39 is 11.5 Å². The van der Waals surface area contributed by atoms with E-state index >= 15 is 0 Å². The van der Waals surface area contributed by atoms with E-state index in [-0.39, 0.29) is 24.7 Å². The van der Waals surface area contributed by atoms with Gasteiger partial charge in [-0.15, -0.1) is 0 Å². The first-order valence-corrected chi connectivity index (χ1v) is 8.70. The third-order valence-corrected chi connectivity index (χ3v) is 5.57. The normalized spacial score (nSPS) is 25.9. The third kappa shape index (κ3) is 3.83. The lowest BCUT2D eigenvalue weighted by atomic mass is 9.66. The molecule has 1 saturated carbocycles. The molecule has 0 aromatic carbocycles. The first-order valence-electron chi connectivity index (χ1n) is 8.32. The fourth-order valence-electron chi connectivity index (χ4n) is 4.09. The Labute approximate surface area is 140 Å². The summed E-state index contributed by atoms with van der Waals surface area (Å²) in [6.45, 7) is 1.48. The molecule has 0 amide bonds.